The van der Waals surface area contributed by atoms with Crippen LogP contribution < -0.4 is 5.32 Å². The van der Waals surface area contributed by atoms with Crippen LogP contribution >= 0.6 is 11.6 Å². The van der Waals surface area contributed by atoms with Crippen molar-refractivity contribution in [1.82, 2.24) is 9.97 Å². The number of halogens is 1. The SMILES string of the molecule is CC(=O)Nc1ncc2c(Cl)cccc2n1. The Morgan fingerprint density at radius 1 is 1.47 bits per heavy atom. The minimum Gasteiger partial charge on any atom is -0.295 e. The van der Waals surface area contributed by atoms with E-state index in [4.69, 9.17) is 11.6 Å². The van der Waals surface area contributed by atoms with Crippen LogP contribution in [0.1, 0.15) is 6.92 Å². The maximum absolute atomic E-state index is 10.8. The highest BCUT2D eigenvalue weighted by Gasteiger charge is 2.03. The third kappa shape index (κ3) is 2.05. The average Bonchev–Trinajstić information content (AvgIpc) is 2.17. The predicted molar refractivity (Wildman–Crippen MR) is 58.9 cm³/mol. The van der Waals surface area contributed by atoms with Crippen LogP contribution in [0.5, 0.6) is 0 Å². The first-order chi connectivity index (χ1) is 7.16. The van der Waals surface area contributed by atoms with E-state index in [2.05, 4.69) is 15.3 Å². The number of anilines is 1. The van der Waals surface area contributed by atoms with Gasteiger partial charge in [0.05, 0.1) is 10.5 Å². The van der Waals surface area contributed by atoms with E-state index in [-0.39, 0.29) is 11.9 Å². The average molecular weight is 222 g/mol. The Hall–Kier alpha value is -1.68. The van der Waals surface area contributed by atoms with Crippen LogP contribution in [0.15, 0.2) is 24.4 Å². The molecule has 2 rings (SSSR count). The van der Waals surface area contributed by atoms with Crippen LogP contribution in [0.3, 0.4) is 0 Å². The molecule has 0 bridgehead atoms. The molecular weight excluding hydrogens is 214 g/mol. The summed E-state index contributed by atoms with van der Waals surface area (Å²) < 4.78 is 0. The monoisotopic (exact) mass is 221 g/mol. The molecule has 0 atom stereocenters. The summed E-state index contributed by atoms with van der Waals surface area (Å²) in [5.41, 5.74) is 0.709. The van der Waals surface area contributed by atoms with E-state index < -0.39 is 0 Å². The van der Waals surface area contributed by atoms with Gasteiger partial charge in [-0.2, -0.15) is 0 Å². The molecule has 0 aliphatic carbocycles. The van der Waals surface area contributed by atoms with Gasteiger partial charge in [-0.15, -0.1) is 0 Å². The molecule has 76 valence electrons. The predicted octanol–water partition coefficient (Wildman–Crippen LogP) is 2.24. The van der Waals surface area contributed by atoms with Crippen LogP contribution in [0.2, 0.25) is 5.02 Å². The second kappa shape index (κ2) is 3.82. The quantitative estimate of drug-likeness (QED) is 0.804. The van der Waals surface area contributed by atoms with Crippen molar-refractivity contribution in [2.45, 2.75) is 6.92 Å². The minimum absolute atomic E-state index is 0.198. The standard InChI is InChI=1S/C10H8ClN3O/c1-6(15)13-10-12-5-7-8(11)3-2-4-9(7)14-10/h2-5H,1H3,(H,12,13,14,15). The van der Waals surface area contributed by atoms with Gasteiger partial charge in [0.1, 0.15) is 0 Å². The molecule has 0 aliphatic heterocycles. The Morgan fingerprint density at radius 3 is 3.00 bits per heavy atom. The number of fused-ring (bicyclic) bond motifs is 1. The first kappa shape index (κ1) is 9.86. The zero-order chi connectivity index (χ0) is 10.8. The Labute approximate surface area is 91.3 Å². The number of nitrogens with one attached hydrogen (secondary N) is 1. The number of benzene rings is 1. The molecule has 0 radical (unpaired) electrons. The molecule has 0 aliphatic rings. The first-order valence-electron chi connectivity index (χ1n) is 4.35. The third-order valence-corrected chi connectivity index (χ3v) is 2.19. The van der Waals surface area contributed by atoms with Gasteiger partial charge in [-0.3, -0.25) is 10.1 Å². The molecule has 2 aromatic rings. The number of rotatable bonds is 1. The summed E-state index contributed by atoms with van der Waals surface area (Å²) >= 11 is 5.95. The molecule has 1 N–H and O–H groups in total. The summed E-state index contributed by atoms with van der Waals surface area (Å²) in [7, 11) is 0. The maximum atomic E-state index is 10.8. The third-order valence-electron chi connectivity index (χ3n) is 1.86. The highest BCUT2D eigenvalue weighted by atomic mass is 35.5. The molecule has 0 spiro atoms. The van der Waals surface area contributed by atoms with Crippen molar-refractivity contribution >= 4 is 34.4 Å². The molecule has 0 fully saturated rings. The molecular formula is C10H8ClN3O. The van der Waals surface area contributed by atoms with Crippen molar-refractivity contribution in [2.24, 2.45) is 0 Å². The Morgan fingerprint density at radius 2 is 2.27 bits per heavy atom. The Bertz CT molecular complexity index is 527. The summed E-state index contributed by atoms with van der Waals surface area (Å²) in [5, 5.41) is 3.88. The van der Waals surface area contributed by atoms with Gasteiger partial charge in [0.25, 0.3) is 0 Å². The van der Waals surface area contributed by atoms with Gasteiger partial charge < -0.3 is 0 Å². The summed E-state index contributed by atoms with van der Waals surface area (Å²) in [6, 6.07) is 5.38. The van der Waals surface area contributed by atoms with Gasteiger partial charge >= 0.3 is 0 Å². The Balaban J connectivity index is 2.52. The lowest BCUT2D eigenvalue weighted by Crippen LogP contribution is -2.08. The summed E-state index contributed by atoms with van der Waals surface area (Å²) in [4.78, 5) is 18.9. The molecule has 15 heavy (non-hydrogen) atoms. The summed E-state index contributed by atoms with van der Waals surface area (Å²) in [6.07, 6.45) is 1.59. The van der Waals surface area contributed by atoms with Crippen molar-refractivity contribution in [3.63, 3.8) is 0 Å². The zero-order valence-corrected chi connectivity index (χ0v) is 8.75. The van der Waals surface area contributed by atoms with Crippen LogP contribution in [-0.2, 0) is 4.79 Å². The van der Waals surface area contributed by atoms with Crippen molar-refractivity contribution < 1.29 is 4.79 Å². The van der Waals surface area contributed by atoms with E-state index in [1.165, 1.54) is 6.92 Å². The fourth-order valence-corrected chi connectivity index (χ4v) is 1.46. The lowest BCUT2D eigenvalue weighted by atomic mass is 10.2. The number of amides is 1. The fraction of sp³-hybridized carbons (Fsp3) is 0.100. The normalized spacial score (nSPS) is 10.3. The van der Waals surface area contributed by atoms with Crippen molar-refractivity contribution in [2.75, 3.05) is 5.32 Å². The smallest absolute Gasteiger partial charge is 0.229 e. The van der Waals surface area contributed by atoms with Crippen molar-refractivity contribution in [3.05, 3.63) is 29.4 Å². The van der Waals surface area contributed by atoms with Gasteiger partial charge in [-0.25, -0.2) is 9.97 Å². The van der Waals surface area contributed by atoms with E-state index in [9.17, 15) is 4.79 Å². The molecule has 4 nitrogen and oxygen atoms in total. The van der Waals surface area contributed by atoms with Gasteiger partial charge in [0, 0.05) is 18.5 Å². The lowest BCUT2D eigenvalue weighted by Gasteiger charge is -2.02. The van der Waals surface area contributed by atoms with Crippen LogP contribution in [0.25, 0.3) is 10.9 Å². The van der Waals surface area contributed by atoms with Crippen LogP contribution in [0, 0.1) is 0 Å². The van der Waals surface area contributed by atoms with Gasteiger partial charge in [0.15, 0.2) is 0 Å². The molecule has 5 heteroatoms. The fourth-order valence-electron chi connectivity index (χ4n) is 1.24. The van der Waals surface area contributed by atoms with Crippen LogP contribution in [0.4, 0.5) is 5.95 Å². The van der Waals surface area contributed by atoms with E-state index in [1.54, 1.807) is 18.3 Å². The highest BCUT2D eigenvalue weighted by molar-refractivity contribution is 6.35. The van der Waals surface area contributed by atoms with Gasteiger partial charge in [0.2, 0.25) is 11.9 Å². The number of carbonyl (C=O) groups is 1. The number of hydrogen-bond acceptors (Lipinski definition) is 3. The second-order valence-corrected chi connectivity index (χ2v) is 3.45. The molecule has 1 aromatic heterocycles. The van der Waals surface area contributed by atoms with Gasteiger partial charge in [-0.05, 0) is 12.1 Å². The van der Waals surface area contributed by atoms with Crippen molar-refractivity contribution in [1.29, 1.82) is 0 Å². The van der Waals surface area contributed by atoms with E-state index in [1.807, 2.05) is 6.07 Å². The lowest BCUT2D eigenvalue weighted by molar-refractivity contribution is -0.114. The molecule has 1 amide bonds. The Kier molecular flexibility index (Phi) is 2.51. The topological polar surface area (TPSA) is 54.9 Å². The molecule has 1 aromatic carbocycles. The second-order valence-electron chi connectivity index (χ2n) is 3.05. The molecule has 1 heterocycles. The van der Waals surface area contributed by atoms with Crippen molar-refractivity contribution in [3.8, 4) is 0 Å². The van der Waals surface area contributed by atoms with E-state index >= 15 is 0 Å². The molecule has 0 saturated heterocycles. The number of hydrogen-bond donors (Lipinski definition) is 1. The van der Waals surface area contributed by atoms with E-state index in [0.717, 1.165) is 5.39 Å². The largest absolute Gasteiger partial charge is 0.295 e. The summed E-state index contributed by atoms with van der Waals surface area (Å²) in [5.74, 6) is 0.0913. The molecule has 0 saturated carbocycles. The number of carbonyl (C=O) groups excluding carboxylic acids is 1. The van der Waals surface area contributed by atoms with E-state index in [0.29, 0.717) is 10.5 Å². The molecule has 0 unspecified atom stereocenters. The number of nitrogens with zero attached hydrogens (tertiary/aromatic N) is 2. The highest BCUT2D eigenvalue weighted by Crippen LogP contribution is 2.21. The summed E-state index contributed by atoms with van der Waals surface area (Å²) in [6.45, 7) is 1.41. The van der Waals surface area contributed by atoms with Gasteiger partial charge in [-0.1, -0.05) is 17.7 Å². The maximum Gasteiger partial charge on any atom is 0.229 e. The first-order valence-corrected chi connectivity index (χ1v) is 4.73. The number of aromatic nitrogens is 2. The zero-order valence-electron chi connectivity index (χ0n) is 7.99. The minimum atomic E-state index is -0.198. The van der Waals surface area contributed by atoms with Crippen LogP contribution in [-0.4, -0.2) is 15.9 Å².